The number of furan rings is 1. The number of nitrogens with zero attached hydrogens (tertiary/aromatic N) is 1. The Balaban J connectivity index is 1.99. The highest BCUT2D eigenvalue weighted by atomic mass is 16.3. The molecule has 2 aromatic rings. The van der Waals surface area contributed by atoms with Crippen LogP contribution < -0.4 is 16.4 Å². The minimum absolute atomic E-state index is 0.436. The van der Waals surface area contributed by atoms with E-state index in [-0.39, 0.29) is 0 Å². The SMILES string of the molecule is CCNC(=NCc1cccc(C(N)=O)c1)NCc1ccco1. The molecule has 4 N–H and O–H groups in total. The number of carbonyl (C=O) groups excluding carboxylic acids is 1. The molecule has 1 aromatic carbocycles. The fourth-order valence-electron chi connectivity index (χ4n) is 1.92. The first-order chi connectivity index (χ1) is 10.7. The van der Waals surface area contributed by atoms with E-state index in [1.165, 1.54) is 0 Å². The van der Waals surface area contributed by atoms with Crippen LogP contribution >= 0.6 is 0 Å². The second-order valence-electron chi connectivity index (χ2n) is 4.69. The number of nitrogens with one attached hydrogen (secondary N) is 2. The van der Waals surface area contributed by atoms with Gasteiger partial charge in [-0.05, 0) is 36.8 Å². The molecular weight excluding hydrogens is 280 g/mol. The quantitative estimate of drug-likeness (QED) is 0.558. The lowest BCUT2D eigenvalue weighted by Gasteiger charge is -2.10. The molecule has 1 amide bonds. The van der Waals surface area contributed by atoms with Crippen LogP contribution in [-0.2, 0) is 13.1 Å². The van der Waals surface area contributed by atoms with E-state index in [2.05, 4.69) is 15.6 Å². The van der Waals surface area contributed by atoms with Crippen molar-refractivity contribution < 1.29 is 9.21 Å². The molecule has 2 rings (SSSR count). The zero-order chi connectivity index (χ0) is 15.8. The van der Waals surface area contributed by atoms with E-state index in [9.17, 15) is 4.79 Å². The van der Waals surface area contributed by atoms with Crippen molar-refractivity contribution in [3.8, 4) is 0 Å². The summed E-state index contributed by atoms with van der Waals surface area (Å²) in [6, 6.07) is 10.9. The van der Waals surface area contributed by atoms with Crippen LogP contribution in [0.5, 0.6) is 0 Å². The van der Waals surface area contributed by atoms with E-state index in [0.717, 1.165) is 17.9 Å². The first-order valence-electron chi connectivity index (χ1n) is 7.12. The largest absolute Gasteiger partial charge is 0.467 e. The fraction of sp³-hybridized carbons (Fsp3) is 0.250. The van der Waals surface area contributed by atoms with E-state index < -0.39 is 5.91 Å². The first kappa shape index (κ1) is 15.6. The number of rotatable bonds is 6. The highest BCUT2D eigenvalue weighted by Gasteiger charge is 2.02. The third kappa shape index (κ3) is 4.66. The Morgan fingerprint density at radius 2 is 2.14 bits per heavy atom. The second kappa shape index (κ2) is 7.87. The number of carbonyl (C=O) groups is 1. The molecular formula is C16H20N4O2. The lowest BCUT2D eigenvalue weighted by Crippen LogP contribution is -2.36. The van der Waals surface area contributed by atoms with Gasteiger partial charge in [-0.3, -0.25) is 4.79 Å². The van der Waals surface area contributed by atoms with Gasteiger partial charge in [-0.15, -0.1) is 0 Å². The van der Waals surface area contributed by atoms with E-state index >= 15 is 0 Å². The van der Waals surface area contributed by atoms with Crippen LogP contribution in [0, 0.1) is 0 Å². The zero-order valence-corrected chi connectivity index (χ0v) is 12.5. The van der Waals surface area contributed by atoms with Crippen LogP contribution in [0.3, 0.4) is 0 Å². The molecule has 0 aliphatic heterocycles. The Hall–Kier alpha value is -2.76. The Bertz CT molecular complexity index is 635. The first-order valence-corrected chi connectivity index (χ1v) is 7.12. The van der Waals surface area contributed by atoms with Gasteiger partial charge in [0.2, 0.25) is 5.91 Å². The third-order valence-electron chi connectivity index (χ3n) is 2.99. The fourth-order valence-corrected chi connectivity index (χ4v) is 1.92. The molecule has 1 heterocycles. The molecule has 0 atom stereocenters. The minimum Gasteiger partial charge on any atom is -0.467 e. The van der Waals surface area contributed by atoms with Gasteiger partial charge < -0.3 is 20.8 Å². The van der Waals surface area contributed by atoms with E-state index in [4.69, 9.17) is 10.2 Å². The summed E-state index contributed by atoms with van der Waals surface area (Å²) in [5.74, 6) is 1.08. The highest BCUT2D eigenvalue weighted by molar-refractivity contribution is 5.92. The average Bonchev–Trinajstić information content (AvgIpc) is 3.03. The van der Waals surface area contributed by atoms with Crippen LogP contribution in [0.15, 0.2) is 52.1 Å². The third-order valence-corrected chi connectivity index (χ3v) is 2.99. The van der Waals surface area contributed by atoms with Crippen molar-refractivity contribution in [2.45, 2.75) is 20.0 Å². The maximum atomic E-state index is 11.2. The summed E-state index contributed by atoms with van der Waals surface area (Å²) in [4.78, 5) is 15.7. The molecule has 6 nitrogen and oxygen atoms in total. The zero-order valence-electron chi connectivity index (χ0n) is 12.5. The number of benzene rings is 1. The molecule has 0 fully saturated rings. The summed E-state index contributed by atoms with van der Waals surface area (Å²) in [7, 11) is 0. The Labute approximate surface area is 129 Å². The van der Waals surface area contributed by atoms with Gasteiger partial charge in [-0.25, -0.2) is 4.99 Å². The number of amides is 1. The number of guanidine groups is 1. The van der Waals surface area contributed by atoms with Crippen molar-refractivity contribution in [3.05, 3.63) is 59.5 Å². The van der Waals surface area contributed by atoms with E-state index in [1.54, 1.807) is 24.5 Å². The molecule has 116 valence electrons. The Kier molecular flexibility index (Phi) is 5.59. The van der Waals surface area contributed by atoms with Crippen LogP contribution in [0.25, 0.3) is 0 Å². The molecule has 0 aliphatic rings. The molecule has 0 bridgehead atoms. The van der Waals surface area contributed by atoms with Gasteiger partial charge in [-0.2, -0.15) is 0 Å². The van der Waals surface area contributed by atoms with Crippen LogP contribution in [0.4, 0.5) is 0 Å². The van der Waals surface area contributed by atoms with Crippen molar-refractivity contribution in [1.29, 1.82) is 0 Å². The number of aliphatic imine (C=N–C) groups is 1. The lowest BCUT2D eigenvalue weighted by atomic mass is 10.1. The normalized spacial score (nSPS) is 11.2. The summed E-state index contributed by atoms with van der Waals surface area (Å²) in [6.45, 7) is 3.76. The summed E-state index contributed by atoms with van der Waals surface area (Å²) < 4.78 is 5.27. The summed E-state index contributed by atoms with van der Waals surface area (Å²) >= 11 is 0. The molecule has 0 unspecified atom stereocenters. The summed E-state index contributed by atoms with van der Waals surface area (Å²) in [5.41, 5.74) is 6.69. The molecule has 0 spiro atoms. The maximum absolute atomic E-state index is 11.2. The second-order valence-corrected chi connectivity index (χ2v) is 4.69. The number of primary amides is 1. The van der Waals surface area contributed by atoms with E-state index in [0.29, 0.717) is 24.6 Å². The average molecular weight is 300 g/mol. The molecule has 0 saturated heterocycles. The molecule has 6 heteroatoms. The van der Waals surface area contributed by atoms with Gasteiger partial charge in [0.25, 0.3) is 0 Å². The van der Waals surface area contributed by atoms with Crippen molar-refractivity contribution in [3.63, 3.8) is 0 Å². The predicted octanol–water partition coefficient (Wildman–Crippen LogP) is 1.63. The molecule has 0 aliphatic carbocycles. The topological polar surface area (TPSA) is 92.6 Å². The van der Waals surface area contributed by atoms with Gasteiger partial charge in [0, 0.05) is 12.1 Å². The molecule has 22 heavy (non-hydrogen) atoms. The minimum atomic E-state index is -0.436. The monoisotopic (exact) mass is 300 g/mol. The van der Waals surface area contributed by atoms with Crippen LogP contribution in [-0.4, -0.2) is 18.4 Å². The van der Waals surface area contributed by atoms with Gasteiger partial charge >= 0.3 is 0 Å². The van der Waals surface area contributed by atoms with Gasteiger partial charge in [0.05, 0.1) is 19.4 Å². The lowest BCUT2D eigenvalue weighted by molar-refractivity contribution is 0.1000. The number of hydrogen-bond donors (Lipinski definition) is 3. The van der Waals surface area contributed by atoms with Gasteiger partial charge in [0.15, 0.2) is 5.96 Å². The highest BCUT2D eigenvalue weighted by Crippen LogP contribution is 2.06. The van der Waals surface area contributed by atoms with Crippen LogP contribution in [0.1, 0.15) is 28.6 Å². The molecule has 1 aromatic heterocycles. The predicted molar refractivity (Wildman–Crippen MR) is 85.3 cm³/mol. The summed E-state index contributed by atoms with van der Waals surface area (Å²) in [5, 5.41) is 6.34. The number of nitrogens with two attached hydrogens (primary N) is 1. The smallest absolute Gasteiger partial charge is 0.248 e. The Morgan fingerprint density at radius 1 is 1.27 bits per heavy atom. The van der Waals surface area contributed by atoms with Crippen LogP contribution in [0.2, 0.25) is 0 Å². The van der Waals surface area contributed by atoms with E-state index in [1.807, 2.05) is 25.1 Å². The van der Waals surface area contributed by atoms with Gasteiger partial charge in [0.1, 0.15) is 5.76 Å². The van der Waals surface area contributed by atoms with Crippen molar-refractivity contribution in [1.82, 2.24) is 10.6 Å². The van der Waals surface area contributed by atoms with Crippen molar-refractivity contribution >= 4 is 11.9 Å². The summed E-state index contributed by atoms with van der Waals surface area (Å²) in [6.07, 6.45) is 1.64. The standard InChI is InChI=1S/C16H20N4O2/c1-2-18-16(20-11-14-7-4-8-22-14)19-10-12-5-3-6-13(9-12)15(17)21/h3-9H,2,10-11H2,1H3,(H2,17,21)(H2,18,19,20). The van der Waals surface area contributed by atoms with Crippen molar-refractivity contribution in [2.24, 2.45) is 10.7 Å². The Morgan fingerprint density at radius 3 is 2.82 bits per heavy atom. The number of hydrogen-bond acceptors (Lipinski definition) is 3. The van der Waals surface area contributed by atoms with Crippen molar-refractivity contribution in [2.75, 3.05) is 6.54 Å². The van der Waals surface area contributed by atoms with Gasteiger partial charge in [-0.1, -0.05) is 12.1 Å². The molecule has 0 radical (unpaired) electrons. The molecule has 0 saturated carbocycles. The maximum Gasteiger partial charge on any atom is 0.248 e.